The minimum Gasteiger partial charge on any atom is -0.295 e. The molecule has 2 heterocycles. The van der Waals surface area contributed by atoms with Gasteiger partial charge in [-0.3, -0.25) is 15.1 Å². The van der Waals surface area contributed by atoms with Crippen LogP contribution in [0.5, 0.6) is 0 Å². The molecule has 2 aromatic rings. The van der Waals surface area contributed by atoms with E-state index in [1.54, 1.807) is 24.8 Å². The summed E-state index contributed by atoms with van der Waals surface area (Å²) in [5.41, 5.74) is 1.88. The lowest BCUT2D eigenvalue weighted by Gasteiger charge is -2.02. The Morgan fingerprint density at radius 1 is 1.12 bits per heavy atom. The van der Waals surface area contributed by atoms with Crippen LogP contribution in [0.2, 0.25) is 0 Å². The minimum absolute atomic E-state index is 0.184. The first-order valence-corrected chi connectivity index (χ1v) is 4.76. The van der Waals surface area contributed by atoms with Crippen LogP contribution >= 0.6 is 0 Å². The number of aromatic nitrogens is 3. The number of rotatable bonds is 2. The predicted molar refractivity (Wildman–Crippen MR) is 59.6 cm³/mol. The number of amides is 1. The molecular weight excluding hydrogens is 204 g/mol. The zero-order chi connectivity index (χ0) is 11.4. The van der Waals surface area contributed by atoms with Crippen LogP contribution in [0.3, 0.4) is 0 Å². The number of nitrogens with one attached hydrogen (secondary N) is 1. The molecule has 80 valence electrons. The topological polar surface area (TPSA) is 67.8 Å². The molecule has 16 heavy (non-hydrogen) atoms. The number of hydrogen-bond donors (Lipinski definition) is 1. The van der Waals surface area contributed by atoms with Crippen molar-refractivity contribution in [2.45, 2.75) is 6.92 Å². The van der Waals surface area contributed by atoms with Crippen molar-refractivity contribution in [1.29, 1.82) is 0 Å². The number of carbonyl (C=O) groups is 1. The molecule has 0 aromatic carbocycles. The first-order valence-electron chi connectivity index (χ1n) is 4.76. The molecule has 0 fully saturated rings. The van der Waals surface area contributed by atoms with Gasteiger partial charge in [0, 0.05) is 37.3 Å². The van der Waals surface area contributed by atoms with E-state index in [1.165, 1.54) is 6.92 Å². The van der Waals surface area contributed by atoms with E-state index >= 15 is 0 Å². The summed E-state index contributed by atoms with van der Waals surface area (Å²) in [7, 11) is 0. The standard InChI is InChI=1S/C11H10N4O/c1-8(16)15-11-13-6-10(7-14-11)9-2-4-12-5-3-9/h2-7H,1H3,(H,13,14,15,16). The van der Waals surface area contributed by atoms with Crippen molar-refractivity contribution in [2.24, 2.45) is 0 Å². The summed E-state index contributed by atoms with van der Waals surface area (Å²) in [6.45, 7) is 1.42. The lowest BCUT2D eigenvalue weighted by molar-refractivity contribution is -0.114. The number of pyridine rings is 1. The first-order chi connectivity index (χ1) is 7.75. The Morgan fingerprint density at radius 3 is 2.31 bits per heavy atom. The van der Waals surface area contributed by atoms with Gasteiger partial charge in [-0.15, -0.1) is 0 Å². The second-order valence-corrected chi connectivity index (χ2v) is 3.21. The summed E-state index contributed by atoms with van der Waals surface area (Å²) in [6, 6.07) is 3.74. The lowest BCUT2D eigenvalue weighted by Crippen LogP contribution is -2.08. The molecule has 0 aliphatic rings. The van der Waals surface area contributed by atoms with Crippen molar-refractivity contribution in [2.75, 3.05) is 5.32 Å². The Bertz CT molecular complexity index is 481. The summed E-state index contributed by atoms with van der Waals surface area (Å²) in [5, 5.41) is 2.51. The van der Waals surface area contributed by atoms with Crippen LogP contribution in [0.1, 0.15) is 6.92 Å². The largest absolute Gasteiger partial charge is 0.295 e. The fourth-order valence-corrected chi connectivity index (χ4v) is 1.24. The van der Waals surface area contributed by atoms with Crippen LogP contribution in [0.4, 0.5) is 5.95 Å². The molecule has 1 N–H and O–H groups in total. The number of carbonyl (C=O) groups excluding carboxylic acids is 1. The molecule has 5 nitrogen and oxygen atoms in total. The molecule has 0 spiro atoms. The average Bonchev–Trinajstić information content (AvgIpc) is 2.30. The van der Waals surface area contributed by atoms with Gasteiger partial charge in [-0.1, -0.05) is 0 Å². The number of hydrogen-bond acceptors (Lipinski definition) is 4. The van der Waals surface area contributed by atoms with Gasteiger partial charge in [0.25, 0.3) is 0 Å². The second-order valence-electron chi connectivity index (χ2n) is 3.21. The van der Waals surface area contributed by atoms with Crippen LogP contribution in [0, 0.1) is 0 Å². The van der Waals surface area contributed by atoms with Gasteiger partial charge in [0.2, 0.25) is 11.9 Å². The Morgan fingerprint density at radius 2 is 1.75 bits per heavy atom. The van der Waals surface area contributed by atoms with Crippen LogP contribution < -0.4 is 5.32 Å². The Labute approximate surface area is 92.6 Å². The summed E-state index contributed by atoms with van der Waals surface area (Å²) < 4.78 is 0. The van der Waals surface area contributed by atoms with Crippen molar-refractivity contribution >= 4 is 11.9 Å². The molecule has 0 atom stereocenters. The third-order valence-corrected chi connectivity index (χ3v) is 1.95. The van der Waals surface area contributed by atoms with Crippen LogP contribution in [-0.2, 0) is 4.79 Å². The third kappa shape index (κ3) is 2.38. The maximum atomic E-state index is 10.8. The van der Waals surface area contributed by atoms with Gasteiger partial charge in [0.05, 0.1) is 0 Å². The van der Waals surface area contributed by atoms with E-state index in [0.717, 1.165) is 11.1 Å². The summed E-state index contributed by atoms with van der Waals surface area (Å²) >= 11 is 0. The smallest absolute Gasteiger partial charge is 0.229 e. The van der Waals surface area contributed by atoms with Crippen molar-refractivity contribution < 1.29 is 4.79 Å². The van der Waals surface area contributed by atoms with E-state index in [0.29, 0.717) is 5.95 Å². The van der Waals surface area contributed by atoms with Crippen LogP contribution in [0.25, 0.3) is 11.1 Å². The van der Waals surface area contributed by atoms with Gasteiger partial charge >= 0.3 is 0 Å². The SMILES string of the molecule is CC(=O)Nc1ncc(-c2ccncc2)cn1. The van der Waals surface area contributed by atoms with E-state index in [2.05, 4.69) is 20.3 Å². The molecule has 5 heteroatoms. The molecule has 0 aliphatic carbocycles. The van der Waals surface area contributed by atoms with Gasteiger partial charge in [0.15, 0.2) is 0 Å². The zero-order valence-electron chi connectivity index (χ0n) is 8.71. The van der Waals surface area contributed by atoms with Crippen LogP contribution in [-0.4, -0.2) is 20.9 Å². The fourth-order valence-electron chi connectivity index (χ4n) is 1.24. The van der Waals surface area contributed by atoms with Gasteiger partial charge < -0.3 is 0 Å². The first kappa shape index (κ1) is 10.2. The van der Waals surface area contributed by atoms with E-state index in [-0.39, 0.29) is 5.91 Å². The molecule has 1 amide bonds. The predicted octanol–water partition coefficient (Wildman–Crippen LogP) is 1.50. The molecule has 0 unspecified atom stereocenters. The summed E-state index contributed by atoms with van der Waals surface area (Å²) in [6.07, 6.45) is 6.73. The van der Waals surface area contributed by atoms with Crippen LogP contribution in [0.15, 0.2) is 36.9 Å². The highest BCUT2D eigenvalue weighted by atomic mass is 16.1. The highest BCUT2D eigenvalue weighted by Gasteiger charge is 2.00. The molecule has 2 aromatic heterocycles. The molecular formula is C11H10N4O. The van der Waals surface area contributed by atoms with Gasteiger partial charge in [-0.25, -0.2) is 9.97 Å². The Hall–Kier alpha value is -2.30. The van der Waals surface area contributed by atoms with E-state index in [4.69, 9.17) is 0 Å². The Kier molecular flexibility index (Phi) is 2.86. The van der Waals surface area contributed by atoms with Gasteiger partial charge in [0.1, 0.15) is 0 Å². The van der Waals surface area contributed by atoms with Crippen molar-refractivity contribution in [3.8, 4) is 11.1 Å². The molecule has 2 rings (SSSR count). The fraction of sp³-hybridized carbons (Fsp3) is 0.0909. The maximum absolute atomic E-state index is 10.8. The maximum Gasteiger partial charge on any atom is 0.229 e. The highest BCUT2D eigenvalue weighted by molar-refractivity contribution is 5.86. The molecule has 0 radical (unpaired) electrons. The third-order valence-electron chi connectivity index (χ3n) is 1.95. The van der Waals surface area contributed by atoms with E-state index in [9.17, 15) is 4.79 Å². The average molecular weight is 214 g/mol. The van der Waals surface area contributed by atoms with Gasteiger partial charge in [-0.2, -0.15) is 0 Å². The second kappa shape index (κ2) is 4.48. The molecule has 0 saturated carbocycles. The normalized spacial score (nSPS) is 9.81. The van der Waals surface area contributed by atoms with Gasteiger partial charge in [-0.05, 0) is 17.7 Å². The van der Waals surface area contributed by atoms with Crippen molar-refractivity contribution in [3.05, 3.63) is 36.9 Å². The summed E-state index contributed by atoms with van der Waals surface area (Å²) in [4.78, 5) is 22.8. The molecule has 0 bridgehead atoms. The van der Waals surface area contributed by atoms with Crippen molar-refractivity contribution in [3.63, 3.8) is 0 Å². The monoisotopic (exact) mass is 214 g/mol. The number of anilines is 1. The quantitative estimate of drug-likeness (QED) is 0.822. The summed E-state index contributed by atoms with van der Waals surface area (Å²) in [5.74, 6) is 0.127. The van der Waals surface area contributed by atoms with E-state index in [1.807, 2.05) is 12.1 Å². The molecule has 0 saturated heterocycles. The van der Waals surface area contributed by atoms with Crippen molar-refractivity contribution in [1.82, 2.24) is 15.0 Å². The lowest BCUT2D eigenvalue weighted by atomic mass is 10.1. The molecule has 0 aliphatic heterocycles. The highest BCUT2D eigenvalue weighted by Crippen LogP contribution is 2.16. The number of nitrogens with zero attached hydrogens (tertiary/aromatic N) is 3. The zero-order valence-corrected chi connectivity index (χ0v) is 8.71. The van der Waals surface area contributed by atoms with E-state index < -0.39 is 0 Å². The minimum atomic E-state index is -0.184. The Balaban J connectivity index is 2.23.